The number of rotatable bonds is 1. The third kappa shape index (κ3) is 2.39. The van der Waals surface area contributed by atoms with Crippen LogP contribution in [0.3, 0.4) is 0 Å². The molecule has 4 nitrogen and oxygen atoms in total. The first-order valence-electron chi connectivity index (χ1n) is 4.17. The SMILES string of the molecule is O=S(=O)([O-])c1cccc2cccc(O)c12.[Na+]. The van der Waals surface area contributed by atoms with E-state index in [1.54, 1.807) is 18.2 Å². The first-order chi connectivity index (χ1) is 7.00. The number of phenols is 1. The van der Waals surface area contributed by atoms with Crippen LogP contribution in [0.25, 0.3) is 10.8 Å². The fourth-order valence-corrected chi connectivity index (χ4v) is 2.21. The maximum absolute atomic E-state index is 10.9. The van der Waals surface area contributed by atoms with Gasteiger partial charge in [-0.05, 0) is 17.5 Å². The van der Waals surface area contributed by atoms with Gasteiger partial charge in [-0.3, -0.25) is 0 Å². The Balaban J connectivity index is 0.00000128. The molecule has 0 aliphatic carbocycles. The van der Waals surface area contributed by atoms with Crippen LogP contribution in [-0.2, 0) is 10.1 Å². The quantitative estimate of drug-likeness (QED) is 0.488. The molecule has 2 aromatic rings. The van der Waals surface area contributed by atoms with Crippen LogP contribution in [0.1, 0.15) is 0 Å². The molecule has 0 heterocycles. The summed E-state index contributed by atoms with van der Waals surface area (Å²) in [6.07, 6.45) is 0. The number of fused-ring (bicyclic) bond motifs is 1. The molecule has 6 heteroatoms. The Morgan fingerprint density at radius 3 is 2.19 bits per heavy atom. The van der Waals surface area contributed by atoms with Crippen molar-refractivity contribution < 1.29 is 47.6 Å². The molecule has 0 saturated heterocycles. The van der Waals surface area contributed by atoms with Gasteiger partial charge in [0.2, 0.25) is 0 Å². The zero-order chi connectivity index (χ0) is 11.1. The van der Waals surface area contributed by atoms with Gasteiger partial charge in [0, 0.05) is 5.39 Å². The van der Waals surface area contributed by atoms with E-state index in [4.69, 9.17) is 0 Å². The summed E-state index contributed by atoms with van der Waals surface area (Å²) in [6.45, 7) is 0. The van der Waals surface area contributed by atoms with Crippen molar-refractivity contribution in [2.45, 2.75) is 4.90 Å². The largest absolute Gasteiger partial charge is 1.00 e. The van der Waals surface area contributed by atoms with Crippen molar-refractivity contribution in [3.63, 3.8) is 0 Å². The molecule has 0 saturated carbocycles. The fraction of sp³-hybridized carbons (Fsp3) is 0. The molecule has 0 radical (unpaired) electrons. The van der Waals surface area contributed by atoms with Gasteiger partial charge in [0.25, 0.3) is 0 Å². The number of phenolic OH excluding ortho intramolecular Hbond substituents is 1. The van der Waals surface area contributed by atoms with Crippen LogP contribution >= 0.6 is 0 Å². The van der Waals surface area contributed by atoms with E-state index in [0.29, 0.717) is 5.39 Å². The number of aromatic hydroxyl groups is 1. The molecule has 0 aliphatic rings. The van der Waals surface area contributed by atoms with E-state index in [2.05, 4.69) is 0 Å². The summed E-state index contributed by atoms with van der Waals surface area (Å²) in [5.74, 6) is -0.206. The van der Waals surface area contributed by atoms with Crippen molar-refractivity contribution in [3.05, 3.63) is 36.4 Å². The van der Waals surface area contributed by atoms with E-state index in [1.807, 2.05) is 0 Å². The second-order valence-corrected chi connectivity index (χ2v) is 4.43. The second-order valence-electron chi connectivity index (χ2n) is 3.09. The van der Waals surface area contributed by atoms with Gasteiger partial charge in [-0.15, -0.1) is 0 Å². The molecule has 78 valence electrons. The fourth-order valence-electron chi connectivity index (χ4n) is 1.50. The number of hydrogen-bond donors (Lipinski definition) is 1. The molecule has 0 atom stereocenters. The zero-order valence-electron chi connectivity index (χ0n) is 8.54. The van der Waals surface area contributed by atoms with Crippen LogP contribution in [0.5, 0.6) is 5.75 Å². The normalized spacial score (nSPS) is 11.1. The van der Waals surface area contributed by atoms with Crippen LogP contribution < -0.4 is 29.6 Å². The monoisotopic (exact) mass is 246 g/mol. The maximum Gasteiger partial charge on any atom is 1.00 e. The van der Waals surface area contributed by atoms with Crippen LogP contribution in [0, 0.1) is 0 Å². The minimum absolute atomic E-state index is 0. The minimum atomic E-state index is -4.56. The van der Waals surface area contributed by atoms with Gasteiger partial charge < -0.3 is 9.66 Å². The first-order valence-corrected chi connectivity index (χ1v) is 5.57. The number of benzene rings is 2. The summed E-state index contributed by atoms with van der Waals surface area (Å²) in [5.41, 5.74) is 0. The Labute approximate surface area is 115 Å². The van der Waals surface area contributed by atoms with Crippen molar-refractivity contribution in [1.82, 2.24) is 0 Å². The summed E-state index contributed by atoms with van der Waals surface area (Å²) in [4.78, 5) is -0.391. The van der Waals surface area contributed by atoms with E-state index < -0.39 is 15.0 Å². The van der Waals surface area contributed by atoms with Crippen molar-refractivity contribution in [1.29, 1.82) is 0 Å². The summed E-state index contributed by atoms with van der Waals surface area (Å²) >= 11 is 0. The predicted octanol–water partition coefficient (Wildman–Crippen LogP) is -1.55. The molecule has 0 aliphatic heterocycles. The standard InChI is InChI=1S/C10H8O4S.Na/c11-8-5-1-3-7-4-2-6-9(10(7)8)15(12,13)14;/h1-6,11H,(H,12,13,14);/q;+1/p-1. The van der Waals surface area contributed by atoms with E-state index >= 15 is 0 Å². The molecule has 2 rings (SSSR count). The van der Waals surface area contributed by atoms with E-state index in [1.165, 1.54) is 18.2 Å². The van der Waals surface area contributed by atoms with Gasteiger partial charge in [0.05, 0.1) is 4.90 Å². The molecule has 0 fully saturated rings. The third-order valence-corrected chi connectivity index (χ3v) is 2.99. The Bertz CT molecular complexity index is 617. The van der Waals surface area contributed by atoms with Gasteiger partial charge in [0.1, 0.15) is 15.9 Å². The van der Waals surface area contributed by atoms with Crippen molar-refractivity contribution in [3.8, 4) is 5.75 Å². The van der Waals surface area contributed by atoms with Gasteiger partial charge in [-0.1, -0.05) is 24.3 Å². The molecule has 0 aromatic heterocycles. The molecule has 1 N–H and O–H groups in total. The van der Waals surface area contributed by atoms with Crippen molar-refractivity contribution in [2.24, 2.45) is 0 Å². The number of hydrogen-bond acceptors (Lipinski definition) is 4. The molecule has 0 unspecified atom stereocenters. The van der Waals surface area contributed by atoms with Crippen molar-refractivity contribution >= 4 is 20.9 Å². The second kappa shape index (κ2) is 4.73. The maximum atomic E-state index is 10.9. The predicted molar refractivity (Wildman–Crippen MR) is 53.6 cm³/mol. The Morgan fingerprint density at radius 1 is 1.06 bits per heavy atom. The van der Waals surface area contributed by atoms with Gasteiger partial charge >= 0.3 is 29.6 Å². The average molecular weight is 246 g/mol. The van der Waals surface area contributed by atoms with Gasteiger partial charge in [-0.25, -0.2) is 8.42 Å². The van der Waals surface area contributed by atoms with Crippen LogP contribution in [0.4, 0.5) is 0 Å². The Kier molecular flexibility index (Phi) is 3.98. The molecule has 16 heavy (non-hydrogen) atoms. The molecular formula is C10H7NaO4S. The summed E-state index contributed by atoms with van der Waals surface area (Å²) < 4.78 is 32.8. The summed E-state index contributed by atoms with van der Waals surface area (Å²) in [5, 5.41) is 10.1. The van der Waals surface area contributed by atoms with E-state index in [0.717, 1.165) is 0 Å². The van der Waals surface area contributed by atoms with Crippen LogP contribution in [-0.4, -0.2) is 18.1 Å². The topological polar surface area (TPSA) is 77.4 Å². The zero-order valence-corrected chi connectivity index (χ0v) is 11.4. The van der Waals surface area contributed by atoms with Gasteiger partial charge in [0.15, 0.2) is 0 Å². The summed E-state index contributed by atoms with van der Waals surface area (Å²) in [7, 11) is -4.56. The Hall–Kier alpha value is -0.590. The minimum Gasteiger partial charge on any atom is -0.744 e. The van der Waals surface area contributed by atoms with Crippen molar-refractivity contribution in [2.75, 3.05) is 0 Å². The molecule has 2 aromatic carbocycles. The molecule has 0 amide bonds. The van der Waals surface area contributed by atoms with E-state index in [9.17, 15) is 18.1 Å². The van der Waals surface area contributed by atoms with Gasteiger partial charge in [-0.2, -0.15) is 0 Å². The summed E-state index contributed by atoms with van der Waals surface area (Å²) in [6, 6.07) is 8.83. The van der Waals surface area contributed by atoms with Crippen LogP contribution in [0.2, 0.25) is 0 Å². The Morgan fingerprint density at radius 2 is 1.62 bits per heavy atom. The smallest absolute Gasteiger partial charge is 0.744 e. The molecular weight excluding hydrogens is 239 g/mol. The first kappa shape index (κ1) is 13.5. The molecule has 0 bridgehead atoms. The molecule has 0 spiro atoms. The van der Waals surface area contributed by atoms with E-state index in [-0.39, 0.29) is 40.7 Å². The average Bonchev–Trinajstić information content (AvgIpc) is 2.16. The van der Waals surface area contributed by atoms with Crippen LogP contribution in [0.15, 0.2) is 41.3 Å². The third-order valence-electron chi connectivity index (χ3n) is 2.11.